The molecule has 0 bridgehead atoms. The molecule has 0 aliphatic heterocycles. The quantitative estimate of drug-likeness (QED) is 0.349. The van der Waals surface area contributed by atoms with Crippen LogP contribution in [0.1, 0.15) is 0 Å². The van der Waals surface area contributed by atoms with Crippen LogP contribution < -0.4 is 0 Å². The Morgan fingerprint density at radius 2 is 0.786 bits per heavy atom. The van der Waals surface area contributed by atoms with Crippen molar-refractivity contribution >= 4 is 60.4 Å². The standard InChI is InChI=1S/3C2H4OS.CH3.Sn/c3*3-1-2-4;;/h3*1-4H;1H3;/q;;;;+3/p-3. The molecule has 0 unspecified atom stereocenters. The van der Waals surface area contributed by atoms with Crippen LogP contribution in [-0.2, 0) is 37.9 Å². The van der Waals surface area contributed by atoms with Gasteiger partial charge in [0.1, 0.15) is 0 Å². The summed E-state index contributed by atoms with van der Waals surface area (Å²) < 4.78 is 0. The Balaban J connectivity index is -0.0000000492. The summed E-state index contributed by atoms with van der Waals surface area (Å²) >= 11 is 13.9. The van der Waals surface area contributed by atoms with Gasteiger partial charge in [0.25, 0.3) is 0 Å². The molecule has 0 spiro atoms. The van der Waals surface area contributed by atoms with E-state index in [0.717, 1.165) is 35.0 Å². The summed E-state index contributed by atoms with van der Waals surface area (Å²) in [6.45, 7) is 0. The van der Waals surface area contributed by atoms with E-state index in [1.165, 1.54) is 0 Å². The van der Waals surface area contributed by atoms with E-state index in [0.29, 0.717) is 0 Å². The van der Waals surface area contributed by atoms with E-state index >= 15 is 0 Å². The first kappa shape index (κ1) is 23.7. The van der Waals surface area contributed by atoms with Gasteiger partial charge in [-0.15, -0.1) is 0 Å². The zero-order chi connectivity index (χ0) is 12.2. The zero-order valence-corrected chi connectivity index (χ0v) is 12.8. The fourth-order valence-corrected chi connectivity index (χ4v) is 0. The predicted molar refractivity (Wildman–Crippen MR) is 69.0 cm³/mol. The molecule has 3 N–H and O–H groups in total. The fraction of sp³-hybridized carbons (Fsp3) is 0.143. The third-order valence-electron chi connectivity index (χ3n) is 0.183. The maximum absolute atomic E-state index is 7.59. The molecule has 0 radical (unpaired) electrons. The second kappa shape index (κ2) is 51.6. The molecule has 0 atom stereocenters. The van der Waals surface area contributed by atoms with Gasteiger partial charge < -0.3 is 53.2 Å². The third-order valence-corrected chi connectivity index (χ3v) is 0.548. The van der Waals surface area contributed by atoms with Gasteiger partial charge in [0, 0.05) is 0 Å². The number of hydrogen-bond donors (Lipinski definition) is 3. The van der Waals surface area contributed by atoms with E-state index in [4.69, 9.17) is 15.3 Å². The van der Waals surface area contributed by atoms with E-state index in [2.05, 4.69) is 42.8 Å². The van der Waals surface area contributed by atoms with Crippen molar-refractivity contribution in [1.29, 1.82) is 0 Å². The second-order valence-corrected chi connectivity index (χ2v) is 1.67. The molecule has 7 heteroatoms. The molecule has 0 aromatic heterocycles. The van der Waals surface area contributed by atoms with Crippen molar-refractivity contribution in [3.05, 3.63) is 35.0 Å². The Kier molecular flexibility index (Phi) is 87.4. The Morgan fingerprint density at radius 1 is 0.714 bits per heavy atom. The number of rotatable bonds is 0. The fourth-order valence-electron chi connectivity index (χ4n) is 0. The molecule has 14 heavy (non-hydrogen) atoms. The van der Waals surface area contributed by atoms with E-state index in [-0.39, 0.29) is 0 Å². The molecule has 80 valence electrons. The van der Waals surface area contributed by atoms with Crippen LogP contribution in [0, 0.1) is 0 Å². The summed E-state index contributed by atoms with van der Waals surface area (Å²) in [7, 11) is 0. The Hall–Kier alpha value is 0.0787. The second-order valence-electron chi connectivity index (χ2n) is 0.855. The van der Waals surface area contributed by atoms with Crippen molar-refractivity contribution in [1.82, 2.24) is 0 Å². The minimum absolute atomic E-state index is 0.815. The van der Waals surface area contributed by atoms with Gasteiger partial charge in [-0.3, -0.25) is 0 Å². The number of hydrogen-bond acceptors (Lipinski definition) is 6. The molecule has 3 nitrogen and oxygen atoms in total. The van der Waals surface area contributed by atoms with Crippen LogP contribution in [0.15, 0.2) is 35.0 Å². The van der Waals surface area contributed by atoms with Crippen molar-refractivity contribution in [2.45, 2.75) is 4.94 Å². The van der Waals surface area contributed by atoms with Crippen LogP contribution in [0.25, 0.3) is 0 Å². The van der Waals surface area contributed by atoms with Gasteiger partial charge in [-0.1, -0.05) is 0 Å². The van der Waals surface area contributed by atoms with E-state index in [1.54, 1.807) is 22.5 Å². The van der Waals surface area contributed by atoms with Crippen LogP contribution >= 0.6 is 0 Å². The van der Waals surface area contributed by atoms with Crippen LogP contribution in [-0.4, -0.2) is 37.8 Å². The molecule has 0 aliphatic rings. The van der Waals surface area contributed by atoms with Gasteiger partial charge in [0.2, 0.25) is 0 Å². The summed E-state index contributed by atoms with van der Waals surface area (Å²) in [4.78, 5) is 2.09. The SMILES string of the molecule is OC=C[S-].OC=C[S-].OC=C[S-].[CH3][Sn+3]. The minimum atomic E-state index is 0.815. The molecule has 0 rings (SSSR count). The number of aliphatic hydroxyl groups is 3. The molecular weight excluding hydrogens is 347 g/mol. The van der Waals surface area contributed by atoms with Crippen LogP contribution in [0.3, 0.4) is 0 Å². The molecule has 0 aromatic rings. The van der Waals surface area contributed by atoms with Gasteiger partial charge in [0.05, 0.1) is 18.8 Å². The molecule has 0 saturated carbocycles. The maximum atomic E-state index is 7.59. The van der Waals surface area contributed by atoms with Crippen LogP contribution in [0.5, 0.6) is 0 Å². The average molecular weight is 359 g/mol. The number of aliphatic hydroxyl groups excluding tert-OH is 3. The Morgan fingerprint density at radius 3 is 0.786 bits per heavy atom. The van der Waals surface area contributed by atoms with Crippen molar-refractivity contribution in [3.63, 3.8) is 0 Å². The van der Waals surface area contributed by atoms with Crippen molar-refractivity contribution < 1.29 is 15.3 Å². The van der Waals surface area contributed by atoms with E-state index < -0.39 is 0 Å². The summed E-state index contributed by atoms with van der Waals surface area (Å²) in [5.41, 5.74) is 0. The van der Waals surface area contributed by atoms with E-state index in [9.17, 15) is 0 Å². The summed E-state index contributed by atoms with van der Waals surface area (Å²) in [6.07, 6.45) is 2.44. The predicted octanol–water partition coefficient (Wildman–Crippen LogP) is 1.89. The van der Waals surface area contributed by atoms with Gasteiger partial charge in [0.15, 0.2) is 0 Å². The van der Waals surface area contributed by atoms with Crippen molar-refractivity contribution in [2.24, 2.45) is 0 Å². The zero-order valence-electron chi connectivity index (χ0n) is 7.53. The first-order chi connectivity index (χ1) is 6.74. The van der Waals surface area contributed by atoms with Gasteiger partial charge >= 0.3 is 27.5 Å². The molecular formula is C7H12O3S3Sn. The van der Waals surface area contributed by atoms with Crippen molar-refractivity contribution in [2.75, 3.05) is 0 Å². The molecule has 0 heterocycles. The molecule has 0 amide bonds. The molecule has 0 fully saturated rings. The topological polar surface area (TPSA) is 60.7 Å². The van der Waals surface area contributed by atoms with Crippen LogP contribution in [0.2, 0.25) is 4.94 Å². The third kappa shape index (κ3) is 156. The Bertz CT molecular complexity index is 93.6. The van der Waals surface area contributed by atoms with Gasteiger partial charge in [-0.05, 0) is 0 Å². The summed E-state index contributed by atoms with van der Waals surface area (Å²) in [6, 6.07) is 0. The first-order valence-corrected chi connectivity index (χ1v) is 7.25. The molecule has 0 aliphatic carbocycles. The molecule has 0 aromatic carbocycles. The average Bonchev–Trinajstić information content (AvgIpc) is 2.31. The molecule has 0 saturated heterocycles. The summed E-state index contributed by atoms with van der Waals surface area (Å²) in [5.74, 6) is 0. The Labute approximate surface area is 115 Å². The van der Waals surface area contributed by atoms with Gasteiger partial charge in [-0.25, -0.2) is 0 Å². The normalized spacial score (nSPS) is 8.21. The monoisotopic (exact) mass is 360 g/mol. The van der Waals surface area contributed by atoms with E-state index in [1.807, 2.05) is 0 Å². The summed E-state index contributed by atoms with van der Waals surface area (Å²) in [5, 5.41) is 26.2. The van der Waals surface area contributed by atoms with Crippen molar-refractivity contribution in [3.8, 4) is 0 Å². The van der Waals surface area contributed by atoms with Gasteiger partial charge in [-0.2, -0.15) is 16.2 Å². The first-order valence-electron chi connectivity index (χ1n) is 2.98. The van der Waals surface area contributed by atoms with Crippen LogP contribution in [0.4, 0.5) is 0 Å².